The van der Waals surface area contributed by atoms with Crippen LogP contribution in [0.15, 0.2) is 54.7 Å². The lowest BCUT2D eigenvalue weighted by molar-refractivity contribution is 0.104. The summed E-state index contributed by atoms with van der Waals surface area (Å²) in [4.78, 5) is 13.0. The Kier molecular flexibility index (Phi) is 6.29. The van der Waals surface area contributed by atoms with Gasteiger partial charge >= 0.3 is 0 Å². The molecule has 0 atom stereocenters. The minimum Gasteiger partial charge on any atom is -0.347 e. The molecule has 1 heterocycles. The van der Waals surface area contributed by atoms with Gasteiger partial charge in [0.25, 0.3) is 0 Å². The maximum Gasteiger partial charge on any atom is 0.195 e. The van der Waals surface area contributed by atoms with E-state index in [2.05, 4.69) is 52.3 Å². The van der Waals surface area contributed by atoms with Crippen molar-refractivity contribution in [1.29, 1.82) is 0 Å². The largest absolute Gasteiger partial charge is 0.347 e. The maximum atomic E-state index is 13.0. The van der Waals surface area contributed by atoms with Crippen molar-refractivity contribution in [3.05, 3.63) is 69.4 Å². The highest BCUT2D eigenvalue weighted by Gasteiger charge is 2.16. The van der Waals surface area contributed by atoms with Gasteiger partial charge in [-0.15, -0.1) is 0 Å². The van der Waals surface area contributed by atoms with Crippen molar-refractivity contribution in [1.82, 2.24) is 4.57 Å². The second kappa shape index (κ2) is 8.65. The molecule has 0 saturated carbocycles. The van der Waals surface area contributed by atoms with E-state index >= 15 is 0 Å². The summed E-state index contributed by atoms with van der Waals surface area (Å²) in [6.45, 7) is 3.21. The first-order valence-electron chi connectivity index (χ1n) is 9.09. The number of hydrogen-bond acceptors (Lipinski definition) is 1. The fraction of sp³-hybridized carbons (Fsp3) is 0.318. The number of carbonyl (C=O) groups excluding carboxylic acids is 1. The lowest BCUT2D eigenvalue weighted by Gasteiger charge is -2.04. The topological polar surface area (TPSA) is 22.0 Å². The van der Waals surface area contributed by atoms with Gasteiger partial charge in [-0.1, -0.05) is 50.8 Å². The van der Waals surface area contributed by atoms with Crippen molar-refractivity contribution in [2.75, 3.05) is 0 Å². The number of aryl methyl sites for hydroxylation is 1. The van der Waals surface area contributed by atoms with E-state index in [-0.39, 0.29) is 5.78 Å². The quantitative estimate of drug-likeness (QED) is 0.222. The smallest absolute Gasteiger partial charge is 0.195 e. The molecule has 0 unspecified atom stereocenters. The van der Waals surface area contributed by atoms with Crippen molar-refractivity contribution < 1.29 is 4.79 Å². The van der Waals surface area contributed by atoms with Gasteiger partial charge in [-0.3, -0.25) is 4.79 Å². The third-order valence-electron chi connectivity index (χ3n) is 4.64. The number of para-hydroxylation sites is 1. The van der Waals surface area contributed by atoms with Gasteiger partial charge in [-0.2, -0.15) is 0 Å². The Balaban J connectivity index is 1.85. The summed E-state index contributed by atoms with van der Waals surface area (Å²) < 4.78 is 3.39. The molecule has 0 spiro atoms. The minimum absolute atomic E-state index is 0.109. The van der Waals surface area contributed by atoms with Crippen molar-refractivity contribution in [2.24, 2.45) is 0 Å². The van der Waals surface area contributed by atoms with Gasteiger partial charge in [0.15, 0.2) is 5.78 Å². The third kappa shape index (κ3) is 4.32. The van der Waals surface area contributed by atoms with E-state index in [1.54, 1.807) is 0 Å². The molecule has 0 aliphatic heterocycles. The van der Waals surface area contributed by atoms with Gasteiger partial charge in [-0.05, 0) is 59.3 Å². The maximum absolute atomic E-state index is 13.0. The van der Waals surface area contributed by atoms with Gasteiger partial charge in [0.2, 0.25) is 0 Å². The molecule has 130 valence electrons. The Hall–Kier alpha value is -1.62. The zero-order chi connectivity index (χ0) is 17.6. The lowest BCUT2D eigenvalue weighted by atomic mass is 10.0. The van der Waals surface area contributed by atoms with Gasteiger partial charge in [0.1, 0.15) is 0 Å². The number of rotatable bonds is 8. The van der Waals surface area contributed by atoms with Crippen LogP contribution in [0.25, 0.3) is 10.9 Å². The Bertz CT molecular complexity index is 848. The monoisotopic (exact) mass is 445 g/mol. The molecule has 0 radical (unpaired) electrons. The van der Waals surface area contributed by atoms with Gasteiger partial charge in [-0.25, -0.2) is 0 Å². The van der Waals surface area contributed by atoms with Crippen LogP contribution in [0.1, 0.15) is 54.9 Å². The molecule has 0 fully saturated rings. The number of benzene rings is 2. The summed E-state index contributed by atoms with van der Waals surface area (Å²) >= 11 is 2.26. The summed E-state index contributed by atoms with van der Waals surface area (Å²) in [5, 5.41) is 1.06. The molecular formula is C22H24INO. The number of nitrogens with zero attached hydrogens (tertiary/aromatic N) is 1. The standard InChI is InChI=1S/C22H24INO/c1-2-3-4-5-8-15-24-16-20(19-9-6-7-10-21(19)24)22(25)17-11-13-18(23)14-12-17/h6-7,9-14,16H,2-5,8,15H2,1H3. The number of hydrogen-bond donors (Lipinski definition) is 0. The molecule has 3 heteroatoms. The number of unbranched alkanes of at least 4 members (excludes halogenated alkanes) is 4. The third-order valence-corrected chi connectivity index (χ3v) is 5.36. The Morgan fingerprint density at radius 3 is 2.44 bits per heavy atom. The summed E-state index contributed by atoms with van der Waals surface area (Å²) in [5.74, 6) is 0.109. The predicted octanol–water partition coefficient (Wildman–Crippen LogP) is 6.45. The van der Waals surface area contributed by atoms with Crippen LogP contribution in [-0.4, -0.2) is 10.4 Å². The lowest BCUT2D eigenvalue weighted by Crippen LogP contribution is -2.01. The number of carbonyl (C=O) groups is 1. The molecular weight excluding hydrogens is 421 g/mol. The summed E-state index contributed by atoms with van der Waals surface area (Å²) in [6.07, 6.45) is 8.33. The highest BCUT2D eigenvalue weighted by Crippen LogP contribution is 2.25. The van der Waals surface area contributed by atoms with E-state index in [0.717, 1.165) is 38.6 Å². The van der Waals surface area contributed by atoms with Crippen LogP contribution in [0, 0.1) is 3.57 Å². The summed E-state index contributed by atoms with van der Waals surface area (Å²) in [5.41, 5.74) is 2.73. The molecule has 0 saturated heterocycles. The molecule has 1 aromatic heterocycles. The summed E-state index contributed by atoms with van der Waals surface area (Å²) in [7, 11) is 0. The zero-order valence-corrected chi connectivity index (χ0v) is 16.8. The second-order valence-corrected chi connectivity index (χ2v) is 7.75. The van der Waals surface area contributed by atoms with Crippen LogP contribution in [0.4, 0.5) is 0 Å². The molecule has 0 N–H and O–H groups in total. The predicted molar refractivity (Wildman–Crippen MR) is 113 cm³/mol. The molecule has 3 rings (SSSR count). The second-order valence-electron chi connectivity index (χ2n) is 6.50. The van der Waals surface area contributed by atoms with E-state index in [9.17, 15) is 4.79 Å². The zero-order valence-electron chi connectivity index (χ0n) is 14.7. The van der Waals surface area contributed by atoms with Crippen LogP contribution < -0.4 is 0 Å². The van der Waals surface area contributed by atoms with Crippen LogP contribution >= 0.6 is 22.6 Å². The molecule has 0 aliphatic rings. The highest BCUT2D eigenvalue weighted by atomic mass is 127. The fourth-order valence-corrected chi connectivity index (χ4v) is 3.61. The molecule has 2 aromatic carbocycles. The first-order valence-corrected chi connectivity index (χ1v) is 10.2. The van der Waals surface area contributed by atoms with E-state index in [4.69, 9.17) is 0 Å². The van der Waals surface area contributed by atoms with Crippen LogP contribution in [0.2, 0.25) is 0 Å². The SMILES string of the molecule is CCCCCCCn1cc(C(=O)c2ccc(I)cc2)c2ccccc21. The fourth-order valence-electron chi connectivity index (χ4n) is 3.26. The molecule has 2 nitrogen and oxygen atoms in total. The minimum atomic E-state index is 0.109. The summed E-state index contributed by atoms with van der Waals surface area (Å²) in [6, 6.07) is 16.0. The number of aromatic nitrogens is 1. The Morgan fingerprint density at radius 2 is 1.68 bits per heavy atom. The van der Waals surface area contributed by atoms with Crippen molar-refractivity contribution in [3.8, 4) is 0 Å². The van der Waals surface area contributed by atoms with E-state index in [1.807, 2.05) is 36.5 Å². The average molecular weight is 445 g/mol. The molecule has 25 heavy (non-hydrogen) atoms. The van der Waals surface area contributed by atoms with E-state index in [1.165, 1.54) is 25.7 Å². The first-order chi connectivity index (χ1) is 12.2. The van der Waals surface area contributed by atoms with Crippen molar-refractivity contribution in [3.63, 3.8) is 0 Å². The number of ketones is 1. The van der Waals surface area contributed by atoms with Gasteiger partial charge in [0, 0.05) is 38.3 Å². The van der Waals surface area contributed by atoms with Crippen LogP contribution in [-0.2, 0) is 6.54 Å². The first kappa shape index (κ1) is 18.2. The van der Waals surface area contributed by atoms with E-state index < -0.39 is 0 Å². The molecule has 0 amide bonds. The Morgan fingerprint density at radius 1 is 0.960 bits per heavy atom. The van der Waals surface area contributed by atoms with Crippen LogP contribution in [0.5, 0.6) is 0 Å². The molecule has 0 aliphatic carbocycles. The molecule has 0 bridgehead atoms. The normalized spacial score (nSPS) is 11.1. The van der Waals surface area contributed by atoms with Crippen molar-refractivity contribution >= 4 is 39.3 Å². The molecule has 3 aromatic rings. The van der Waals surface area contributed by atoms with Crippen molar-refractivity contribution in [2.45, 2.75) is 45.6 Å². The van der Waals surface area contributed by atoms with Gasteiger partial charge in [0.05, 0.1) is 0 Å². The number of halogens is 1. The average Bonchev–Trinajstić information content (AvgIpc) is 3.00. The van der Waals surface area contributed by atoms with E-state index in [0.29, 0.717) is 0 Å². The van der Waals surface area contributed by atoms with Crippen LogP contribution in [0.3, 0.4) is 0 Å². The highest BCUT2D eigenvalue weighted by molar-refractivity contribution is 14.1. The number of fused-ring (bicyclic) bond motifs is 1. The Labute approximate surface area is 163 Å². The van der Waals surface area contributed by atoms with Gasteiger partial charge < -0.3 is 4.57 Å².